The maximum atomic E-state index is 2.33. The normalized spacial score (nSPS) is 8.42. The third-order valence-corrected chi connectivity index (χ3v) is 2.70. The summed E-state index contributed by atoms with van der Waals surface area (Å²) in [6.45, 7) is 8.77. The molecule has 0 N–H and O–H groups in total. The smallest absolute Gasteiger partial charge is 1.00 e. The summed E-state index contributed by atoms with van der Waals surface area (Å²) >= 11 is 0. The van der Waals surface area contributed by atoms with Gasteiger partial charge in [-0.05, 0) is 6.42 Å². The maximum Gasteiger partial charge on any atom is 3.00 e. The Bertz CT molecular complexity index is 441. The average Bonchev–Trinajstić information content (AvgIpc) is 2.59. The molecule has 0 aliphatic carbocycles. The minimum absolute atomic E-state index is 0. The Labute approximate surface area is 137 Å². The topological polar surface area (TPSA) is 0 Å². The summed E-state index contributed by atoms with van der Waals surface area (Å²) in [5.41, 5.74) is 2.99. The first-order chi connectivity index (χ1) is 7.74. The predicted octanol–water partition coefficient (Wildman–Crippen LogP) is -1.39. The summed E-state index contributed by atoms with van der Waals surface area (Å²) in [4.78, 5) is 0. The van der Waals surface area contributed by atoms with E-state index in [4.69, 9.17) is 0 Å². The molecule has 103 valence electrons. The van der Waals surface area contributed by atoms with Gasteiger partial charge in [0.05, 0.1) is 0 Å². The van der Waals surface area contributed by atoms with Crippen LogP contribution in [0.3, 0.4) is 0 Å². The number of hydrogen-bond donors (Lipinski definition) is 0. The third-order valence-electron chi connectivity index (χ3n) is 2.70. The molecule has 0 spiro atoms. The van der Waals surface area contributed by atoms with E-state index in [1.165, 1.54) is 34.7 Å². The van der Waals surface area contributed by atoms with Crippen molar-refractivity contribution >= 4 is 20.3 Å². The summed E-state index contributed by atoms with van der Waals surface area (Å²) in [6, 6.07) is 11.0. The van der Waals surface area contributed by atoms with Gasteiger partial charge in [0.25, 0.3) is 0 Å². The van der Waals surface area contributed by atoms with Crippen LogP contribution in [-0.2, 0) is 32.6 Å². The molecule has 0 bridgehead atoms. The standard InChI is InChI=1S/C13H15.C2H6Si.2FH.Zr/c1-3-6-11-9-12-7-4-5-8-13(12)10(11)2;1-3-2;;;/h4-5,7-9H,3,6H2,1-2H3;1-2H3;2*1H;/q-1;;;;+3/p-2. The average molecular weight is 359 g/mol. The van der Waals surface area contributed by atoms with E-state index < -0.39 is 0 Å². The number of rotatable bonds is 2. The van der Waals surface area contributed by atoms with Crippen LogP contribution in [0.25, 0.3) is 10.8 Å². The van der Waals surface area contributed by atoms with Gasteiger partial charge in [-0.2, -0.15) is 5.56 Å². The summed E-state index contributed by atoms with van der Waals surface area (Å²) in [6.07, 6.45) is 2.44. The summed E-state index contributed by atoms with van der Waals surface area (Å²) < 4.78 is 0. The molecule has 0 atom stereocenters. The molecule has 2 aromatic carbocycles. The molecular formula is C15H21F2SiZr. The molecule has 0 nitrogen and oxygen atoms in total. The van der Waals surface area contributed by atoms with Crippen molar-refractivity contribution in [3.8, 4) is 0 Å². The molecule has 0 heterocycles. The second kappa shape index (κ2) is 12.8. The summed E-state index contributed by atoms with van der Waals surface area (Å²) in [5.74, 6) is 0. The van der Waals surface area contributed by atoms with E-state index in [0.29, 0.717) is 0 Å². The Morgan fingerprint density at radius 2 is 1.63 bits per heavy atom. The molecule has 4 heteroatoms. The number of fused-ring (bicyclic) bond motifs is 1. The molecule has 0 saturated carbocycles. The quantitative estimate of drug-likeness (QED) is 0.458. The van der Waals surface area contributed by atoms with Crippen LogP contribution in [0.5, 0.6) is 0 Å². The molecule has 0 saturated heterocycles. The van der Waals surface area contributed by atoms with Crippen molar-refractivity contribution in [2.45, 2.75) is 39.8 Å². The third kappa shape index (κ3) is 6.67. The van der Waals surface area contributed by atoms with Gasteiger partial charge in [-0.3, -0.25) is 0 Å². The zero-order chi connectivity index (χ0) is 12.0. The minimum atomic E-state index is 0. The van der Waals surface area contributed by atoms with Crippen molar-refractivity contribution < 1.29 is 35.6 Å². The Hall–Kier alpha value is -0.210. The Balaban J connectivity index is -0.000000393. The van der Waals surface area contributed by atoms with Gasteiger partial charge in [0.15, 0.2) is 0 Å². The Morgan fingerprint density at radius 1 is 1.11 bits per heavy atom. The largest absolute Gasteiger partial charge is 3.00 e. The number of halogens is 2. The molecule has 2 aromatic rings. The van der Waals surface area contributed by atoms with Crippen molar-refractivity contribution in [2.24, 2.45) is 0 Å². The second-order valence-corrected chi connectivity index (χ2v) is 5.13. The van der Waals surface area contributed by atoms with Gasteiger partial charge in [0, 0.05) is 9.52 Å². The first-order valence-electron chi connectivity index (χ1n) is 5.97. The van der Waals surface area contributed by atoms with Gasteiger partial charge in [-0.1, -0.05) is 39.4 Å². The molecular weight excluding hydrogens is 337 g/mol. The van der Waals surface area contributed by atoms with E-state index >= 15 is 0 Å². The van der Waals surface area contributed by atoms with Crippen molar-refractivity contribution in [1.29, 1.82) is 0 Å². The van der Waals surface area contributed by atoms with E-state index in [1.807, 2.05) is 0 Å². The van der Waals surface area contributed by atoms with Crippen LogP contribution >= 0.6 is 0 Å². The van der Waals surface area contributed by atoms with Crippen molar-refractivity contribution in [3.63, 3.8) is 0 Å². The molecule has 0 amide bonds. The molecule has 0 fully saturated rings. The van der Waals surface area contributed by atoms with E-state index in [-0.39, 0.29) is 35.6 Å². The van der Waals surface area contributed by atoms with Gasteiger partial charge < -0.3 is 9.41 Å². The monoisotopic (exact) mass is 357 g/mol. The zero-order valence-electron chi connectivity index (χ0n) is 12.1. The Morgan fingerprint density at radius 3 is 2.11 bits per heavy atom. The van der Waals surface area contributed by atoms with Crippen LogP contribution in [0.15, 0.2) is 30.3 Å². The van der Waals surface area contributed by atoms with Crippen LogP contribution in [0.2, 0.25) is 13.1 Å². The number of aryl methyl sites for hydroxylation is 2. The Kier molecular flexibility index (Phi) is 16.1. The zero-order valence-corrected chi connectivity index (χ0v) is 15.5. The van der Waals surface area contributed by atoms with E-state index in [0.717, 1.165) is 9.52 Å². The van der Waals surface area contributed by atoms with Gasteiger partial charge in [-0.15, -0.1) is 40.6 Å². The van der Waals surface area contributed by atoms with Crippen LogP contribution < -0.4 is 9.41 Å². The van der Waals surface area contributed by atoms with Gasteiger partial charge >= 0.3 is 26.2 Å². The first kappa shape index (κ1) is 23.9. The van der Waals surface area contributed by atoms with Gasteiger partial charge in [0.1, 0.15) is 0 Å². The van der Waals surface area contributed by atoms with Crippen LogP contribution in [0.4, 0.5) is 0 Å². The number of benzene rings is 1. The molecule has 3 radical (unpaired) electrons. The van der Waals surface area contributed by atoms with E-state index in [1.54, 1.807) is 0 Å². The van der Waals surface area contributed by atoms with Gasteiger partial charge in [0.2, 0.25) is 0 Å². The molecule has 19 heavy (non-hydrogen) atoms. The number of hydrogen-bond acceptors (Lipinski definition) is 0. The van der Waals surface area contributed by atoms with Gasteiger partial charge in [-0.25, -0.2) is 0 Å². The minimum Gasteiger partial charge on any atom is -1.00 e. The van der Waals surface area contributed by atoms with Crippen molar-refractivity contribution in [3.05, 3.63) is 41.5 Å². The molecule has 0 unspecified atom stereocenters. The second-order valence-electron chi connectivity index (χ2n) is 4.13. The van der Waals surface area contributed by atoms with Crippen LogP contribution in [0.1, 0.15) is 24.5 Å². The van der Waals surface area contributed by atoms with E-state index in [9.17, 15) is 0 Å². The van der Waals surface area contributed by atoms with Crippen molar-refractivity contribution in [2.75, 3.05) is 0 Å². The molecule has 0 aromatic heterocycles. The summed E-state index contributed by atoms with van der Waals surface area (Å²) in [5, 5.41) is 2.81. The van der Waals surface area contributed by atoms with Crippen molar-refractivity contribution in [1.82, 2.24) is 0 Å². The fraction of sp³-hybridized carbons (Fsp3) is 0.400. The summed E-state index contributed by atoms with van der Waals surface area (Å²) in [7, 11) is 1.08. The fourth-order valence-corrected chi connectivity index (χ4v) is 1.96. The van der Waals surface area contributed by atoms with Crippen LogP contribution in [-0.4, -0.2) is 9.52 Å². The van der Waals surface area contributed by atoms with Crippen LogP contribution in [0, 0.1) is 6.92 Å². The molecule has 2 rings (SSSR count). The molecule has 0 aliphatic heterocycles. The molecule has 0 aliphatic rings. The maximum absolute atomic E-state index is 2.33. The SMILES string of the molecule is CCCc1[cH-]c2ccccc2c1C.C[Si]C.[F-].[F-].[Zr+3]. The first-order valence-corrected chi connectivity index (χ1v) is 7.97. The predicted molar refractivity (Wildman–Crippen MR) is 75.8 cm³/mol. The fourth-order valence-electron chi connectivity index (χ4n) is 1.96. The van der Waals surface area contributed by atoms with E-state index in [2.05, 4.69) is 57.3 Å².